The van der Waals surface area contributed by atoms with Crippen LogP contribution in [0.2, 0.25) is 0 Å². The van der Waals surface area contributed by atoms with E-state index in [1.54, 1.807) is 56.3 Å². The van der Waals surface area contributed by atoms with Crippen molar-refractivity contribution in [3.63, 3.8) is 0 Å². The molecule has 1 aliphatic heterocycles. The number of benzene rings is 2. The number of hydrogen-bond donors (Lipinski definition) is 0. The molecule has 3 amide bonds. The Labute approximate surface area is 199 Å². The first-order valence-electron chi connectivity index (χ1n) is 11.1. The maximum Gasteiger partial charge on any atom is 0.332 e. The van der Waals surface area contributed by atoms with Gasteiger partial charge in [-0.25, -0.2) is 14.5 Å². The van der Waals surface area contributed by atoms with Gasteiger partial charge in [-0.1, -0.05) is 18.2 Å². The van der Waals surface area contributed by atoms with Crippen LogP contribution in [0.15, 0.2) is 67.0 Å². The van der Waals surface area contributed by atoms with Crippen LogP contribution in [0.3, 0.4) is 0 Å². The molecule has 0 aliphatic carbocycles. The van der Waals surface area contributed by atoms with E-state index < -0.39 is 5.54 Å². The van der Waals surface area contributed by atoms with Crippen LogP contribution in [0.5, 0.6) is 5.75 Å². The van der Waals surface area contributed by atoms with Gasteiger partial charge in [-0.3, -0.25) is 9.78 Å². The van der Waals surface area contributed by atoms with E-state index in [-0.39, 0.29) is 11.9 Å². The molecule has 0 radical (unpaired) electrons. The number of amides is 3. The molecule has 0 saturated carbocycles. The quantitative estimate of drug-likeness (QED) is 0.264. The Bertz CT molecular complexity index is 1250. The smallest absolute Gasteiger partial charge is 0.332 e. The van der Waals surface area contributed by atoms with Crippen molar-refractivity contribution in [2.45, 2.75) is 32.7 Å². The zero-order valence-electron chi connectivity index (χ0n) is 19.5. The number of urea groups is 1. The van der Waals surface area contributed by atoms with Gasteiger partial charge in [-0.15, -0.1) is 0 Å². The molecule has 0 spiro atoms. The Hall–Kier alpha value is -4.18. The largest absolute Gasteiger partial charge is 0.494 e. The van der Waals surface area contributed by atoms with E-state index in [2.05, 4.69) is 9.83 Å². The number of anilines is 1. The summed E-state index contributed by atoms with van der Waals surface area (Å²) < 4.78 is 5.86. The lowest BCUT2D eigenvalue weighted by molar-refractivity contribution is -0.123. The molecule has 1 aliphatic rings. The highest BCUT2D eigenvalue weighted by atomic mass is 16.5. The molecular weight excluding hydrogens is 428 g/mol. The first kappa shape index (κ1) is 23.0. The lowest BCUT2D eigenvalue weighted by Crippen LogP contribution is -2.44. The topological polar surface area (TPSA) is 67.1 Å². The zero-order chi connectivity index (χ0) is 24.3. The van der Waals surface area contributed by atoms with Crippen LogP contribution in [-0.4, -0.2) is 40.5 Å². The monoisotopic (exact) mass is 454 g/mol. The number of imide groups is 1. The number of hydrogen-bond acceptors (Lipinski definition) is 4. The fourth-order valence-corrected chi connectivity index (χ4v) is 4.04. The van der Waals surface area contributed by atoms with Crippen LogP contribution < -0.4 is 9.64 Å². The molecule has 3 aromatic rings. The fraction of sp³-hybridized carbons (Fsp3) is 0.259. The molecule has 0 unspecified atom stereocenters. The minimum absolute atomic E-state index is 0.278. The molecule has 2 aromatic carbocycles. The lowest BCUT2D eigenvalue weighted by Gasteiger charge is -2.27. The van der Waals surface area contributed by atoms with Gasteiger partial charge in [-0.2, -0.15) is 0 Å². The van der Waals surface area contributed by atoms with Gasteiger partial charge in [0.05, 0.1) is 18.9 Å². The number of carbonyl (C=O) groups excluding carboxylic acids is 2. The second-order valence-corrected chi connectivity index (χ2v) is 8.68. The number of rotatable bonds is 7. The number of aryl methyl sites for hydroxylation is 1. The van der Waals surface area contributed by atoms with Crippen LogP contribution >= 0.6 is 0 Å². The van der Waals surface area contributed by atoms with Gasteiger partial charge >= 0.3 is 6.03 Å². The Morgan fingerprint density at radius 3 is 2.32 bits per heavy atom. The third-order valence-electron chi connectivity index (χ3n) is 6.05. The third-order valence-corrected chi connectivity index (χ3v) is 6.05. The van der Waals surface area contributed by atoms with Crippen molar-refractivity contribution >= 4 is 23.3 Å². The summed E-state index contributed by atoms with van der Waals surface area (Å²) in [6, 6.07) is 16.4. The molecule has 0 atom stereocenters. The van der Waals surface area contributed by atoms with Gasteiger partial charge in [0.15, 0.2) is 5.69 Å². The van der Waals surface area contributed by atoms with E-state index >= 15 is 0 Å². The van der Waals surface area contributed by atoms with Crippen LogP contribution in [0.4, 0.5) is 16.2 Å². The average molecular weight is 455 g/mol. The Morgan fingerprint density at radius 1 is 1.00 bits per heavy atom. The molecule has 7 nitrogen and oxygen atoms in total. The van der Waals surface area contributed by atoms with Crippen LogP contribution in [0.1, 0.15) is 25.8 Å². The van der Waals surface area contributed by atoms with Crippen molar-refractivity contribution in [2.75, 3.05) is 18.1 Å². The van der Waals surface area contributed by atoms with Crippen molar-refractivity contribution in [3.8, 4) is 16.9 Å². The minimum Gasteiger partial charge on any atom is -0.494 e. The molecule has 1 fully saturated rings. The molecule has 172 valence electrons. The minimum atomic E-state index is -0.963. The number of aromatic nitrogens is 1. The van der Waals surface area contributed by atoms with Gasteiger partial charge in [0, 0.05) is 18.9 Å². The van der Waals surface area contributed by atoms with Gasteiger partial charge in [0.2, 0.25) is 0 Å². The molecule has 7 heteroatoms. The molecule has 0 bridgehead atoms. The van der Waals surface area contributed by atoms with Gasteiger partial charge in [-0.05, 0) is 80.3 Å². The van der Waals surface area contributed by atoms with Crippen molar-refractivity contribution in [3.05, 3.63) is 84.0 Å². The number of nitrogens with zero attached hydrogens (tertiary/aromatic N) is 4. The molecule has 4 rings (SSSR count). The van der Waals surface area contributed by atoms with E-state index in [0.29, 0.717) is 30.9 Å². The van der Waals surface area contributed by atoms with Gasteiger partial charge < -0.3 is 9.64 Å². The number of ether oxygens (including phenoxy) is 1. The summed E-state index contributed by atoms with van der Waals surface area (Å²) in [5.41, 5.74) is 2.93. The molecule has 1 saturated heterocycles. The number of pyridine rings is 1. The van der Waals surface area contributed by atoms with E-state index in [4.69, 9.17) is 11.3 Å². The summed E-state index contributed by atoms with van der Waals surface area (Å²) in [4.78, 5) is 36.5. The second kappa shape index (κ2) is 9.36. The maximum absolute atomic E-state index is 13.2. The molecule has 1 aromatic heterocycles. The maximum atomic E-state index is 13.2. The molecule has 34 heavy (non-hydrogen) atoms. The van der Waals surface area contributed by atoms with Gasteiger partial charge in [0.25, 0.3) is 5.91 Å². The highest BCUT2D eigenvalue weighted by molar-refractivity contribution is 6.23. The van der Waals surface area contributed by atoms with Crippen LogP contribution in [-0.2, 0) is 4.79 Å². The van der Waals surface area contributed by atoms with E-state index in [1.807, 2.05) is 36.4 Å². The van der Waals surface area contributed by atoms with E-state index in [1.165, 1.54) is 4.90 Å². The molecule has 2 heterocycles. The summed E-state index contributed by atoms with van der Waals surface area (Å²) in [7, 11) is 0. The SMILES string of the molecule is [C-]#[N+]c1ccc(N2C(=O)N(CCCOc3ccc(-c4ccncc4)cc3)C(C)(C)C2=O)cc1C. The molecular formula is C27H26N4O3. The van der Waals surface area contributed by atoms with Crippen molar-refractivity contribution in [1.82, 2.24) is 9.88 Å². The highest BCUT2D eigenvalue weighted by Crippen LogP contribution is 2.34. The molecule has 0 N–H and O–H groups in total. The Balaban J connectivity index is 1.37. The summed E-state index contributed by atoms with van der Waals surface area (Å²) in [6.07, 6.45) is 4.10. The van der Waals surface area contributed by atoms with Crippen LogP contribution in [0, 0.1) is 13.5 Å². The second-order valence-electron chi connectivity index (χ2n) is 8.68. The predicted molar refractivity (Wildman–Crippen MR) is 131 cm³/mol. The standard InChI is InChI=1S/C27H26N4O3/c1-19-18-22(8-11-24(19)28-4)31-25(32)27(2,3)30(26(31)33)16-5-17-34-23-9-6-20(7-10-23)21-12-14-29-15-13-21/h6-15,18H,5,16-17H2,1-3H3. The third kappa shape index (κ3) is 4.35. The first-order valence-corrected chi connectivity index (χ1v) is 11.1. The van der Waals surface area contributed by atoms with Crippen molar-refractivity contribution in [1.29, 1.82) is 0 Å². The lowest BCUT2D eigenvalue weighted by atomic mass is 10.0. The zero-order valence-corrected chi connectivity index (χ0v) is 19.5. The fourth-order valence-electron chi connectivity index (χ4n) is 4.04. The predicted octanol–water partition coefficient (Wildman–Crippen LogP) is 5.62. The Morgan fingerprint density at radius 2 is 1.68 bits per heavy atom. The average Bonchev–Trinajstić information content (AvgIpc) is 3.01. The van der Waals surface area contributed by atoms with Crippen molar-refractivity contribution < 1.29 is 14.3 Å². The summed E-state index contributed by atoms with van der Waals surface area (Å²) in [5.74, 6) is 0.470. The first-order chi connectivity index (χ1) is 16.3. The van der Waals surface area contributed by atoms with Crippen LogP contribution in [0.25, 0.3) is 16.0 Å². The van der Waals surface area contributed by atoms with E-state index in [0.717, 1.165) is 22.4 Å². The highest BCUT2D eigenvalue weighted by Gasteiger charge is 2.51. The summed E-state index contributed by atoms with van der Waals surface area (Å²) in [5, 5.41) is 0. The van der Waals surface area contributed by atoms with Gasteiger partial charge in [0.1, 0.15) is 11.3 Å². The normalized spacial score (nSPS) is 14.9. The number of carbonyl (C=O) groups is 2. The van der Waals surface area contributed by atoms with Crippen molar-refractivity contribution in [2.24, 2.45) is 0 Å². The summed E-state index contributed by atoms with van der Waals surface area (Å²) in [6.45, 7) is 13.3. The van der Waals surface area contributed by atoms with E-state index in [9.17, 15) is 9.59 Å². The Kier molecular flexibility index (Phi) is 6.33. The summed E-state index contributed by atoms with van der Waals surface area (Å²) >= 11 is 0.